The van der Waals surface area contributed by atoms with E-state index in [-0.39, 0.29) is 13.2 Å². The van der Waals surface area contributed by atoms with E-state index in [9.17, 15) is 5.11 Å². The molecule has 0 atom stereocenters. The minimum absolute atomic E-state index is 0.0279. The lowest BCUT2D eigenvalue weighted by molar-refractivity contribution is -0.0540. The Morgan fingerprint density at radius 3 is 1.47 bits per heavy atom. The van der Waals surface area contributed by atoms with Crippen molar-refractivity contribution in [2.24, 2.45) is 0 Å². The molecule has 0 aliphatic heterocycles. The maximum Gasteiger partial charge on any atom is 0.0856 e. The van der Waals surface area contributed by atoms with Gasteiger partial charge in [-0.1, -0.05) is 97.2 Å². The molecule has 0 aliphatic rings. The van der Waals surface area contributed by atoms with Gasteiger partial charge in [-0.15, -0.1) is 0 Å². The first-order valence-corrected chi connectivity index (χ1v) is 16.8. The van der Waals surface area contributed by atoms with Crippen molar-refractivity contribution < 1.29 is 19.7 Å². The molecule has 43 heavy (non-hydrogen) atoms. The molecule has 0 aromatic heterocycles. The standard InChI is InChI=1S/C30H38O4.C4H10.C3H8.C2H6/c1-20-17-22(7-5-14-33-16-13-31)26-11-9-25-21(2)18-23(8-6-15-34-30(3,4)19-32)27-12-10-24(20)28(26)29(25)27;1-3-4-2;1-3-2;1-2/h9-12,17-18,31-32H,5-8,13-16,19H2,1-4H3;3-4H2,1-2H3;3H2,1-2H3;1-2H3. The van der Waals surface area contributed by atoms with Gasteiger partial charge in [0.2, 0.25) is 0 Å². The van der Waals surface area contributed by atoms with Crippen LogP contribution in [0.15, 0.2) is 36.4 Å². The van der Waals surface area contributed by atoms with E-state index in [1.54, 1.807) is 0 Å². The Bertz CT molecular complexity index is 1310. The maximum absolute atomic E-state index is 9.44. The summed E-state index contributed by atoms with van der Waals surface area (Å²) in [6.07, 6.45) is 7.66. The SMILES string of the molecule is CC.CCC.CCCC.Cc1cc(CCCOCCO)c2ccc3c(C)cc(CCCOC(C)(C)CO)c4ccc1c2c34. The highest BCUT2D eigenvalue weighted by Crippen LogP contribution is 2.40. The highest BCUT2D eigenvalue weighted by molar-refractivity contribution is 6.25. The summed E-state index contributed by atoms with van der Waals surface area (Å²) in [7, 11) is 0. The van der Waals surface area contributed by atoms with Crippen LogP contribution in [0, 0.1) is 13.8 Å². The molecule has 2 N–H and O–H groups in total. The van der Waals surface area contributed by atoms with Gasteiger partial charge in [0.25, 0.3) is 0 Å². The molecule has 4 aromatic rings. The van der Waals surface area contributed by atoms with Crippen LogP contribution in [0.2, 0.25) is 0 Å². The van der Waals surface area contributed by atoms with E-state index >= 15 is 0 Å². The smallest absolute Gasteiger partial charge is 0.0856 e. The molecular formula is C39H62O4. The molecule has 0 spiro atoms. The molecule has 0 unspecified atom stereocenters. The number of aliphatic hydroxyl groups excluding tert-OH is 2. The summed E-state index contributed by atoms with van der Waals surface area (Å²) in [5.41, 5.74) is 4.88. The van der Waals surface area contributed by atoms with Gasteiger partial charge in [-0.2, -0.15) is 0 Å². The van der Waals surface area contributed by atoms with Gasteiger partial charge in [-0.25, -0.2) is 0 Å². The number of rotatable bonds is 13. The van der Waals surface area contributed by atoms with Crippen LogP contribution in [0.5, 0.6) is 0 Å². The molecule has 4 heteroatoms. The molecule has 4 rings (SSSR count). The van der Waals surface area contributed by atoms with Gasteiger partial charge >= 0.3 is 0 Å². The monoisotopic (exact) mass is 594 g/mol. The van der Waals surface area contributed by atoms with Crippen molar-refractivity contribution in [2.75, 3.05) is 33.0 Å². The number of aliphatic hydroxyl groups is 2. The Kier molecular flexibility index (Phi) is 18.6. The molecule has 242 valence electrons. The second-order valence-electron chi connectivity index (χ2n) is 11.8. The Labute approximate surface area is 263 Å². The zero-order valence-corrected chi connectivity index (χ0v) is 29.2. The van der Waals surface area contributed by atoms with Crippen LogP contribution >= 0.6 is 0 Å². The number of ether oxygens (including phenoxy) is 2. The molecule has 0 fully saturated rings. The molecule has 0 aliphatic carbocycles. The Morgan fingerprint density at radius 1 is 0.651 bits per heavy atom. The van der Waals surface area contributed by atoms with Crippen LogP contribution in [0.1, 0.15) is 110 Å². The quantitative estimate of drug-likeness (QED) is 0.119. The predicted molar refractivity (Wildman–Crippen MR) is 189 cm³/mol. The largest absolute Gasteiger partial charge is 0.394 e. The number of aryl methyl sites for hydroxylation is 4. The van der Waals surface area contributed by atoms with Crippen LogP contribution < -0.4 is 0 Å². The number of benzene rings is 4. The summed E-state index contributed by atoms with van der Waals surface area (Å²) in [4.78, 5) is 0. The van der Waals surface area contributed by atoms with Crippen molar-refractivity contribution in [3.63, 3.8) is 0 Å². The van der Waals surface area contributed by atoms with Crippen LogP contribution in [-0.2, 0) is 22.3 Å². The average Bonchev–Trinajstić information content (AvgIpc) is 3.01. The summed E-state index contributed by atoms with van der Waals surface area (Å²) in [5, 5.41) is 26.5. The lowest BCUT2D eigenvalue weighted by Crippen LogP contribution is -2.29. The summed E-state index contributed by atoms with van der Waals surface area (Å²) in [5.74, 6) is 0. The fraction of sp³-hybridized carbons (Fsp3) is 0.590. The third-order valence-electron chi connectivity index (χ3n) is 7.42. The zero-order valence-electron chi connectivity index (χ0n) is 29.2. The van der Waals surface area contributed by atoms with Gasteiger partial charge in [0.15, 0.2) is 0 Å². The Balaban J connectivity index is 0.000000916. The van der Waals surface area contributed by atoms with E-state index in [4.69, 9.17) is 14.6 Å². The topological polar surface area (TPSA) is 58.9 Å². The second kappa shape index (κ2) is 20.7. The van der Waals surface area contributed by atoms with Crippen LogP contribution in [0.4, 0.5) is 0 Å². The van der Waals surface area contributed by atoms with Crippen molar-refractivity contribution in [1.29, 1.82) is 0 Å². The van der Waals surface area contributed by atoms with Crippen molar-refractivity contribution in [1.82, 2.24) is 0 Å². The fourth-order valence-corrected chi connectivity index (χ4v) is 5.12. The van der Waals surface area contributed by atoms with Crippen LogP contribution in [0.25, 0.3) is 32.3 Å². The molecule has 0 amide bonds. The molecule has 4 aromatic carbocycles. The van der Waals surface area contributed by atoms with Crippen molar-refractivity contribution in [3.8, 4) is 0 Å². The van der Waals surface area contributed by atoms with Crippen LogP contribution in [0.3, 0.4) is 0 Å². The predicted octanol–water partition coefficient (Wildman–Crippen LogP) is 10.1. The highest BCUT2D eigenvalue weighted by Gasteiger charge is 2.18. The molecule has 0 radical (unpaired) electrons. The maximum atomic E-state index is 9.44. The fourth-order valence-electron chi connectivity index (χ4n) is 5.12. The third-order valence-corrected chi connectivity index (χ3v) is 7.42. The van der Waals surface area contributed by atoms with E-state index < -0.39 is 5.60 Å². The first kappa shape index (κ1) is 38.8. The highest BCUT2D eigenvalue weighted by atomic mass is 16.5. The van der Waals surface area contributed by atoms with Gasteiger partial charge < -0.3 is 19.7 Å². The number of hydrogen-bond acceptors (Lipinski definition) is 4. The Morgan fingerprint density at radius 2 is 1.07 bits per heavy atom. The molecular weight excluding hydrogens is 532 g/mol. The molecule has 0 saturated carbocycles. The minimum atomic E-state index is -0.490. The van der Waals surface area contributed by atoms with E-state index in [1.807, 2.05) is 27.7 Å². The van der Waals surface area contributed by atoms with Crippen molar-refractivity contribution in [2.45, 2.75) is 120 Å². The first-order chi connectivity index (χ1) is 20.7. The lowest BCUT2D eigenvalue weighted by atomic mass is 9.85. The molecule has 4 nitrogen and oxygen atoms in total. The van der Waals surface area contributed by atoms with E-state index in [1.165, 1.54) is 73.8 Å². The van der Waals surface area contributed by atoms with Gasteiger partial charge in [0.1, 0.15) is 0 Å². The first-order valence-electron chi connectivity index (χ1n) is 16.8. The number of hydrogen-bond donors (Lipinski definition) is 2. The second-order valence-corrected chi connectivity index (χ2v) is 11.8. The lowest BCUT2D eigenvalue weighted by Gasteiger charge is -2.23. The minimum Gasteiger partial charge on any atom is -0.394 e. The van der Waals surface area contributed by atoms with E-state index in [0.717, 1.165) is 25.7 Å². The third kappa shape index (κ3) is 11.3. The van der Waals surface area contributed by atoms with Gasteiger partial charge in [-0.3, -0.25) is 0 Å². The Hall–Kier alpha value is -2.24. The summed E-state index contributed by atoms with van der Waals surface area (Å²) in [6.45, 7) is 22.7. The zero-order chi connectivity index (χ0) is 32.4. The van der Waals surface area contributed by atoms with Crippen LogP contribution in [-0.4, -0.2) is 48.8 Å². The molecule has 0 heterocycles. The molecule has 0 bridgehead atoms. The van der Waals surface area contributed by atoms with Gasteiger partial charge in [-0.05, 0) is 108 Å². The average molecular weight is 595 g/mol. The number of unbranched alkanes of at least 4 members (excludes halogenated alkanes) is 1. The molecule has 0 saturated heterocycles. The van der Waals surface area contributed by atoms with Crippen molar-refractivity contribution in [3.05, 3.63) is 58.7 Å². The van der Waals surface area contributed by atoms with Gasteiger partial charge in [0, 0.05) is 13.2 Å². The van der Waals surface area contributed by atoms with Gasteiger partial charge in [0.05, 0.1) is 25.4 Å². The van der Waals surface area contributed by atoms with E-state index in [2.05, 4.69) is 77.9 Å². The summed E-state index contributed by atoms with van der Waals surface area (Å²) in [6, 6.07) is 13.8. The summed E-state index contributed by atoms with van der Waals surface area (Å²) >= 11 is 0. The summed E-state index contributed by atoms with van der Waals surface area (Å²) < 4.78 is 11.4. The van der Waals surface area contributed by atoms with E-state index in [0.29, 0.717) is 19.8 Å². The normalized spacial score (nSPS) is 11.2. The van der Waals surface area contributed by atoms with Crippen molar-refractivity contribution >= 4 is 32.3 Å².